The highest BCUT2D eigenvalue weighted by Crippen LogP contribution is 2.30. The largest absolute Gasteiger partial charge is 0.354 e. The van der Waals surface area contributed by atoms with Gasteiger partial charge >= 0.3 is 0 Å². The number of imidazole rings is 1. The van der Waals surface area contributed by atoms with E-state index in [1.807, 2.05) is 16.5 Å². The highest BCUT2D eigenvalue weighted by Gasteiger charge is 2.19. The van der Waals surface area contributed by atoms with Crippen LogP contribution < -0.4 is 15.5 Å². The average molecular weight is 412 g/mol. The Morgan fingerprint density at radius 3 is 2.97 bits per heavy atom. The van der Waals surface area contributed by atoms with Gasteiger partial charge in [-0.05, 0) is 31.2 Å². The maximum absolute atomic E-state index is 14.2. The summed E-state index contributed by atoms with van der Waals surface area (Å²) in [5.41, 5.74) is 2.25. The van der Waals surface area contributed by atoms with Crippen LogP contribution in [0.15, 0.2) is 42.9 Å². The van der Waals surface area contributed by atoms with Crippen molar-refractivity contribution in [1.29, 1.82) is 0 Å². The molecule has 1 saturated heterocycles. The van der Waals surface area contributed by atoms with Crippen LogP contribution in [0.5, 0.6) is 0 Å². The standard InChI is InChI=1S/C20H19ClFN7/c1-12-10-28(8-7-24-12)17-6-5-15-20(26-17)29-11-23-9-16(29)19(25-15)27-18-13(21)3-2-4-14(18)22/h2-6,9,11-12,24H,7-8,10H2,1H3,(H,25,27). The lowest BCUT2D eigenvalue weighted by atomic mass is 10.2. The summed E-state index contributed by atoms with van der Waals surface area (Å²) < 4.78 is 16.1. The summed E-state index contributed by atoms with van der Waals surface area (Å²) in [6, 6.07) is 8.85. The number of pyridine rings is 1. The molecule has 29 heavy (non-hydrogen) atoms. The zero-order valence-electron chi connectivity index (χ0n) is 15.7. The van der Waals surface area contributed by atoms with E-state index in [9.17, 15) is 4.39 Å². The van der Waals surface area contributed by atoms with E-state index in [1.54, 1.807) is 24.7 Å². The van der Waals surface area contributed by atoms with Gasteiger partial charge < -0.3 is 15.5 Å². The van der Waals surface area contributed by atoms with Crippen LogP contribution >= 0.6 is 11.6 Å². The summed E-state index contributed by atoms with van der Waals surface area (Å²) in [7, 11) is 0. The minimum Gasteiger partial charge on any atom is -0.354 e. The minimum atomic E-state index is -0.446. The first-order valence-electron chi connectivity index (χ1n) is 9.42. The van der Waals surface area contributed by atoms with Crippen LogP contribution in [0.4, 0.5) is 21.7 Å². The molecule has 5 rings (SSSR count). The van der Waals surface area contributed by atoms with Crippen LogP contribution in [0.3, 0.4) is 0 Å². The lowest BCUT2D eigenvalue weighted by molar-refractivity contribution is 0.482. The molecule has 0 aliphatic carbocycles. The van der Waals surface area contributed by atoms with Crippen molar-refractivity contribution in [2.75, 3.05) is 29.9 Å². The third-order valence-corrected chi connectivity index (χ3v) is 5.40. The first kappa shape index (κ1) is 18.1. The van der Waals surface area contributed by atoms with E-state index in [1.165, 1.54) is 6.07 Å². The maximum Gasteiger partial charge on any atom is 0.166 e. The van der Waals surface area contributed by atoms with Crippen LogP contribution in [0, 0.1) is 5.82 Å². The van der Waals surface area contributed by atoms with Crippen molar-refractivity contribution in [2.24, 2.45) is 0 Å². The quantitative estimate of drug-likeness (QED) is 0.536. The van der Waals surface area contributed by atoms with Crippen LogP contribution in [0.1, 0.15) is 6.92 Å². The van der Waals surface area contributed by atoms with Crippen molar-refractivity contribution in [3.63, 3.8) is 0 Å². The molecule has 3 aromatic heterocycles. The molecule has 2 N–H and O–H groups in total. The summed E-state index contributed by atoms with van der Waals surface area (Å²) >= 11 is 6.17. The Labute approximate surface area is 171 Å². The average Bonchev–Trinajstić information content (AvgIpc) is 3.21. The predicted octanol–water partition coefficient (Wildman–Crippen LogP) is 3.61. The number of rotatable bonds is 3. The highest BCUT2D eigenvalue weighted by molar-refractivity contribution is 6.33. The molecule has 7 nitrogen and oxygen atoms in total. The first-order chi connectivity index (χ1) is 14.1. The second-order valence-corrected chi connectivity index (χ2v) is 7.55. The summed E-state index contributed by atoms with van der Waals surface area (Å²) in [5, 5.41) is 6.74. The number of nitrogens with zero attached hydrogens (tertiary/aromatic N) is 5. The van der Waals surface area contributed by atoms with Gasteiger partial charge in [-0.2, -0.15) is 0 Å². The van der Waals surface area contributed by atoms with Gasteiger partial charge in [-0.1, -0.05) is 17.7 Å². The number of anilines is 3. The van der Waals surface area contributed by atoms with E-state index in [4.69, 9.17) is 16.6 Å². The number of nitrogens with one attached hydrogen (secondary N) is 2. The van der Waals surface area contributed by atoms with Crippen molar-refractivity contribution in [1.82, 2.24) is 24.7 Å². The first-order valence-corrected chi connectivity index (χ1v) is 9.80. The lowest BCUT2D eigenvalue weighted by Gasteiger charge is -2.32. The Morgan fingerprint density at radius 1 is 1.24 bits per heavy atom. The molecular weight excluding hydrogens is 393 g/mol. The number of piperazine rings is 1. The van der Waals surface area contributed by atoms with Gasteiger partial charge in [0.05, 0.1) is 16.9 Å². The van der Waals surface area contributed by atoms with Crippen molar-refractivity contribution < 1.29 is 4.39 Å². The Hall–Kier alpha value is -2.97. The van der Waals surface area contributed by atoms with Crippen LogP contribution in [0.2, 0.25) is 5.02 Å². The number of benzene rings is 1. The summed E-state index contributed by atoms with van der Waals surface area (Å²) in [5.74, 6) is 0.922. The third-order valence-electron chi connectivity index (χ3n) is 5.08. The molecule has 148 valence electrons. The Morgan fingerprint density at radius 2 is 2.14 bits per heavy atom. The second-order valence-electron chi connectivity index (χ2n) is 7.14. The molecule has 1 aliphatic heterocycles. The molecule has 0 amide bonds. The zero-order chi connectivity index (χ0) is 20.0. The Kier molecular flexibility index (Phi) is 4.44. The second kappa shape index (κ2) is 7.13. The normalized spacial score (nSPS) is 17.2. The molecule has 0 bridgehead atoms. The molecule has 9 heteroatoms. The monoisotopic (exact) mass is 411 g/mol. The molecular formula is C20H19ClFN7. The topological polar surface area (TPSA) is 70.4 Å². The van der Waals surface area contributed by atoms with Gasteiger partial charge in [0, 0.05) is 25.7 Å². The molecule has 4 heterocycles. The predicted molar refractivity (Wildman–Crippen MR) is 113 cm³/mol. The van der Waals surface area contributed by atoms with E-state index in [-0.39, 0.29) is 10.7 Å². The van der Waals surface area contributed by atoms with Gasteiger partial charge in [0.25, 0.3) is 0 Å². The van der Waals surface area contributed by atoms with Crippen molar-refractivity contribution in [3.05, 3.63) is 53.7 Å². The van der Waals surface area contributed by atoms with Gasteiger partial charge in [-0.3, -0.25) is 4.40 Å². The van der Waals surface area contributed by atoms with Crippen LogP contribution in [0.25, 0.3) is 16.7 Å². The van der Waals surface area contributed by atoms with Gasteiger partial charge in [-0.25, -0.2) is 19.3 Å². The van der Waals surface area contributed by atoms with Crippen molar-refractivity contribution in [2.45, 2.75) is 13.0 Å². The van der Waals surface area contributed by atoms with Crippen molar-refractivity contribution >= 4 is 45.6 Å². The van der Waals surface area contributed by atoms with Crippen LogP contribution in [-0.4, -0.2) is 45.0 Å². The number of hydrogen-bond donors (Lipinski definition) is 2. The van der Waals surface area contributed by atoms with E-state index in [0.717, 1.165) is 25.5 Å². The van der Waals surface area contributed by atoms with E-state index < -0.39 is 5.82 Å². The smallest absolute Gasteiger partial charge is 0.166 e. The van der Waals surface area contributed by atoms with Gasteiger partial charge in [0.2, 0.25) is 0 Å². The Bertz CT molecular complexity index is 1190. The summed E-state index contributed by atoms with van der Waals surface area (Å²) in [4.78, 5) is 16.0. The third kappa shape index (κ3) is 3.24. The molecule has 1 fully saturated rings. The molecule has 1 unspecified atom stereocenters. The molecule has 4 aromatic rings. The van der Waals surface area contributed by atoms with E-state index in [2.05, 4.69) is 32.4 Å². The van der Waals surface area contributed by atoms with E-state index >= 15 is 0 Å². The SMILES string of the molecule is CC1CN(c2ccc3nc(Nc4c(F)cccc4Cl)c4cncn4c3n2)CCN1. The Balaban J connectivity index is 1.60. The number of hydrogen-bond acceptors (Lipinski definition) is 6. The molecule has 0 radical (unpaired) electrons. The number of aromatic nitrogens is 4. The number of fused-ring (bicyclic) bond motifs is 3. The maximum atomic E-state index is 14.2. The lowest BCUT2D eigenvalue weighted by Crippen LogP contribution is -2.49. The van der Waals surface area contributed by atoms with Crippen molar-refractivity contribution in [3.8, 4) is 0 Å². The fourth-order valence-electron chi connectivity index (χ4n) is 3.66. The molecule has 1 aromatic carbocycles. The summed E-state index contributed by atoms with van der Waals surface area (Å²) in [6.45, 7) is 4.87. The molecule has 1 aliphatic rings. The number of halogens is 2. The fourth-order valence-corrected chi connectivity index (χ4v) is 3.87. The number of para-hydroxylation sites is 1. The van der Waals surface area contributed by atoms with Gasteiger partial charge in [0.15, 0.2) is 11.5 Å². The van der Waals surface area contributed by atoms with Gasteiger partial charge in [-0.15, -0.1) is 0 Å². The van der Waals surface area contributed by atoms with Gasteiger partial charge in [0.1, 0.15) is 29.0 Å². The zero-order valence-corrected chi connectivity index (χ0v) is 16.5. The molecule has 0 saturated carbocycles. The molecule has 0 spiro atoms. The van der Waals surface area contributed by atoms with Crippen LogP contribution in [-0.2, 0) is 0 Å². The highest BCUT2D eigenvalue weighted by atomic mass is 35.5. The fraction of sp³-hybridized carbons (Fsp3) is 0.250. The molecule has 1 atom stereocenters. The summed E-state index contributed by atoms with van der Waals surface area (Å²) in [6.07, 6.45) is 3.36. The van der Waals surface area contributed by atoms with E-state index in [0.29, 0.717) is 28.5 Å². The minimum absolute atomic E-state index is 0.184.